The molecule has 1 aliphatic carbocycles. The molecule has 1 rings (SSSR count). The Morgan fingerprint density at radius 2 is 1.88 bits per heavy atom. The van der Waals surface area contributed by atoms with E-state index in [1.807, 2.05) is 0 Å². The number of hydrogen-bond donors (Lipinski definition) is 0. The zero-order valence-corrected chi connectivity index (χ0v) is 6.87. The van der Waals surface area contributed by atoms with E-state index in [1.165, 1.54) is 30.5 Å². The molecule has 1 fully saturated rings. The molecular weight excluding hydrogens is 164 g/mol. The predicted octanol–water partition coefficient (Wildman–Crippen LogP) is 3.12. The largest absolute Gasteiger partial charge is 0.0838 e. The second kappa shape index (κ2) is 2.86. The molecule has 0 N–H and O–H groups in total. The summed E-state index contributed by atoms with van der Waals surface area (Å²) in [5, 5.41) is 0. The Morgan fingerprint density at radius 1 is 1.38 bits per heavy atom. The summed E-state index contributed by atoms with van der Waals surface area (Å²) >= 11 is 3.53. The minimum atomic E-state index is 0.969. The van der Waals surface area contributed by atoms with Gasteiger partial charge in [-0.05, 0) is 31.6 Å². The molecule has 1 radical (unpaired) electrons. The van der Waals surface area contributed by atoms with Crippen LogP contribution in [0.15, 0.2) is 0 Å². The normalized spacial score (nSPS) is 26.2. The molecule has 0 saturated heterocycles. The van der Waals surface area contributed by atoms with Gasteiger partial charge in [-0.15, -0.1) is 0 Å². The molecule has 1 saturated carbocycles. The standard InChI is InChI=1S/C7H12Br/c1-6-2-4-7(8)5-3-6/h6H,2-5H2,1H3. The maximum absolute atomic E-state index is 3.53. The van der Waals surface area contributed by atoms with Crippen molar-refractivity contribution >= 4 is 15.9 Å². The molecule has 0 aromatic carbocycles. The highest BCUT2D eigenvalue weighted by atomic mass is 79.9. The quantitative estimate of drug-likeness (QED) is 0.531. The van der Waals surface area contributed by atoms with Crippen molar-refractivity contribution in [1.29, 1.82) is 0 Å². The fourth-order valence-electron chi connectivity index (χ4n) is 1.08. The first-order valence-electron chi connectivity index (χ1n) is 3.29. The summed E-state index contributed by atoms with van der Waals surface area (Å²) in [5.41, 5.74) is 0. The van der Waals surface area contributed by atoms with Gasteiger partial charge in [0, 0.05) is 4.83 Å². The van der Waals surface area contributed by atoms with Crippen LogP contribution in [0.2, 0.25) is 0 Å². The maximum Gasteiger partial charge on any atom is 0.0411 e. The van der Waals surface area contributed by atoms with E-state index in [2.05, 4.69) is 22.9 Å². The van der Waals surface area contributed by atoms with Gasteiger partial charge in [-0.3, -0.25) is 0 Å². The Hall–Kier alpha value is 0.480. The molecule has 0 amide bonds. The molecule has 8 heavy (non-hydrogen) atoms. The van der Waals surface area contributed by atoms with Crippen LogP contribution in [0.25, 0.3) is 0 Å². The first-order valence-corrected chi connectivity index (χ1v) is 4.08. The summed E-state index contributed by atoms with van der Waals surface area (Å²) in [6.07, 6.45) is 5.39. The Kier molecular flexibility index (Phi) is 2.36. The van der Waals surface area contributed by atoms with Gasteiger partial charge >= 0.3 is 0 Å². The Bertz CT molecular complexity index is 52.8. The number of halogens is 1. The lowest BCUT2D eigenvalue weighted by atomic mass is 9.91. The highest BCUT2D eigenvalue weighted by Gasteiger charge is 2.15. The SMILES string of the molecule is CC1CC[C](Br)CC1. The zero-order chi connectivity index (χ0) is 5.98. The van der Waals surface area contributed by atoms with Crippen molar-refractivity contribution in [2.75, 3.05) is 0 Å². The molecule has 0 aliphatic heterocycles. The van der Waals surface area contributed by atoms with Crippen molar-refractivity contribution < 1.29 is 0 Å². The van der Waals surface area contributed by atoms with Crippen LogP contribution >= 0.6 is 15.9 Å². The molecule has 1 aliphatic rings. The third kappa shape index (κ3) is 1.77. The van der Waals surface area contributed by atoms with Crippen LogP contribution in [0.5, 0.6) is 0 Å². The predicted molar refractivity (Wildman–Crippen MR) is 39.8 cm³/mol. The van der Waals surface area contributed by atoms with Crippen molar-refractivity contribution in [1.82, 2.24) is 0 Å². The van der Waals surface area contributed by atoms with E-state index in [1.54, 1.807) is 0 Å². The van der Waals surface area contributed by atoms with E-state index in [9.17, 15) is 0 Å². The minimum Gasteiger partial charge on any atom is -0.0838 e. The minimum absolute atomic E-state index is 0.969. The van der Waals surface area contributed by atoms with Gasteiger partial charge in [0.25, 0.3) is 0 Å². The zero-order valence-electron chi connectivity index (χ0n) is 5.28. The lowest BCUT2D eigenvalue weighted by Crippen LogP contribution is -2.05. The monoisotopic (exact) mass is 175 g/mol. The number of hydrogen-bond acceptors (Lipinski definition) is 0. The third-order valence-corrected chi connectivity index (χ3v) is 2.61. The second-order valence-corrected chi connectivity index (χ2v) is 3.82. The van der Waals surface area contributed by atoms with Crippen LogP contribution in [0.1, 0.15) is 32.6 Å². The molecule has 0 unspecified atom stereocenters. The Balaban J connectivity index is 2.19. The Labute approximate surface area is 59.8 Å². The first kappa shape index (κ1) is 6.60. The third-order valence-electron chi connectivity index (χ3n) is 1.82. The smallest absolute Gasteiger partial charge is 0.0411 e. The van der Waals surface area contributed by atoms with Crippen molar-refractivity contribution in [2.45, 2.75) is 32.6 Å². The van der Waals surface area contributed by atoms with Crippen LogP contribution in [0.3, 0.4) is 0 Å². The first-order chi connectivity index (χ1) is 3.79. The van der Waals surface area contributed by atoms with Gasteiger partial charge in [-0.2, -0.15) is 0 Å². The second-order valence-electron chi connectivity index (χ2n) is 2.70. The summed E-state index contributed by atoms with van der Waals surface area (Å²) < 4.78 is 0. The summed E-state index contributed by atoms with van der Waals surface area (Å²) in [4.78, 5) is 1.52. The van der Waals surface area contributed by atoms with Crippen LogP contribution in [-0.2, 0) is 0 Å². The summed E-state index contributed by atoms with van der Waals surface area (Å²) in [5.74, 6) is 0.969. The molecule has 1 heteroatoms. The van der Waals surface area contributed by atoms with Crippen molar-refractivity contribution in [3.05, 3.63) is 4.83 Å². The van der Waals surface area contributed by atoms with E-state index < -0.39 is 0 Å². The molecule has 0 bridgehead atoms. The van der Waals surface area contributed by atoms with E-state index in [4.69, 9.17) is 0 Å². The molecular formula is C7H12Br. The number of rotatable bonds is 0. The highest BCUT2D eigenvalue weighted by Crippen LogP contribution is 2.33. The van der Waals surface area contributed by atoms with E-state index in [-0.39, 0.29) is 0 Å². The Morgan fingerprint density at radius 3 is 2.25 bits per heavy atom. The van der Waals surface area contributed by atoms with Gasteiger partial charge in [-0.25, -0.2) is 0 Å². The van der Waals surface area contributed by atoms with Crippen molar-refractivity contribution in [3.8, 4) is 0 Å². The molecule has 0 aromatic rings. The summed E-state index contributed by atoms with van der Waals surface area (Å²) in [7, 11) is 0. The average Bonchev–Trinajstić information content (AvgIpc) is 1.77. The van der Waals surface area contributed by atoms with Gasteiger partial charge < -0.3 is 0 Å². The molecule has 47 valence electrons. The summed E-state index contributed by atoms with van der Waals surface area (Å²) in [6, 6.07) is 0. The van der Waals surface area contributed by atoms with Gasteiger partial charge in [0.2, 0.25) is 0 Å². The van der Waals surface area contributed by atoms with Gasteiger partial charge in [0.05, 0.1) is 0 Å². The van der Waals surface area contributed by atoms with E-state index in [0.29, 0.717) is 0 Å². The lowest BCUT2D eigenvalue weighted by Gasteiger charge is -2.20. The average molecular weight is 176 g/mol. The van der Waals surface area contributed by atoms with E-state index >= 15 is 0 Å². The van der Waals surface area contributed by atoms with Gasteiger partial charge in [0.15, 0.2) is 0 Å². The van der Waals surface area contributed by atoms with Gasteiger partial charge in [0.1, 0.15) is 0 Å². The highest BCUT2D eigenvalue weighted by molar-refractivity contribution is 9.11. The molecule has 0 atom stereocenters. The molecule has 0 aromatic heterocycles. The van der Waals surface area contributed by atoms with Crippen LogP contribution in [0, 0.1) is 10.7 Å². The van der Waals surface area contributed by atoms with Crippen LogP contribution in [0.4, 0.5) is 0 Å². The van der Waals surface area contributed by atoms with Crippen LogP contribution < -0.4 is 0 Å². The van der Waals surface area contributed by atoms with Crippen LogP contribution in [-0.4, -0.2) is 0 Å². The lowest BCUT2D eigenvalue weighted by molar-refractivity contribution is 0.433. The maximum atomic E-state index is 3.53. The molecule has 0 heterocycles. The van der Waals surface area contributed by atoms with Crippen molar-refractivity contribution in [2.24, 2.45) is 5.92 Å². The van der Waals surface area contributed by atoms with E-state index in [0.717, 1.165) is 5.92 Å². The molecule has 0 spiro atoms. The fraction of sp³-hybridized carbons (Fsp3) is 0.857. The fourth-order valence-corrected chi connectivity index (χ4v) is 1.53. The van der Waals surface area contributed by atoms with Gasteiger partial charge in [-0.1, -0.05) is 22.9 Å². The summed E-state index contributed by atoms with van der Waals surface area (Å²) in [6.45, 7) is 2.33. The van der Waals surface area contributed by atoms with Crippen molar-refractivity contribution in [3.63, 3.8) is 0 Å². The molecule has 0 nitrogen and oxygen atoms in total. The topological polar surface area (TPSA) is 0 Å².